The minimum Gasteiger partial charge on any atom is -0.201 e. The van der Waals surface area contributed by atoms with Crippen molar-refractivity contribution in [2.75, 3.05) is 0 Å². The summed E-state index contributed by atoms with van der Waals surface area (Å²) in [5, 5.41) is 0. The zero-order valence-electron chi connectivity index (χ0n) is 69.0. The summed E-state index contributed by atoms with van der Waals surface area (Å²) in [5.74, 6) is 0. The van der Waals surface area contributed by atoms with Crippen molar-refractivity contribution in [1.82, 2.24) is 0 Å². The van der Waals surface area contributed by atoms with Gasteiger partial charge in [-0.3, -0.25) is 0 Å². The van der Waals surface area contributed by atoms with Crippen LogP contribution in [0.3, 0.4) is 0 Å². The van der Waals surface area contributed by atoms with Gasteiger partial charge in [-0.15, -0.1) is 0 Å². The molecule has 0 aliphatic carbocycles. The van der Waals surface area contributed by atoms with E-state index in [9.17, 15) is 0 Å². The Hall–Kier alpha value is -12.8. The summed E-state index contributed by atoms with van der Waals surface area (Å²) in [6.07, 6.45) is 8.67. The summed E-state index contributed by atoms with van der Waals surface area (Å²) in [4.78, 5) is 0. The van der Waals surface area contributed by atoms with Crippen molar-refractivity contribution in [3.63, 3.8) is 0 Å². The van der Waals surface area contributed by atoms with Gasteiger partial charge in [0.2, 0.25) is 22.8 Å². The van der Waals surface area contributed by atoms with E-state index in [1.165, 1.54) is 206 Å². The van der Waals surface area contributed by atoms with Crippen molar-refractivity contribution in [2.24, 2.45) is 28.2 Å². The van der Waals surface area contributed by atoms with E-state index in [0.29, 0.717) is 0 Å². The molecule has 0 saturated carbocycles. The van der Waals surface area contributed by atoms with Crippen molar-refractivity contribution in [3.8, 4) is 134 Å². The molecule has 0 atom stereocenters. The van der Waals surface area contributed by atoms with Crippen LogP contribution in [0.25, 0.3) is 134 Å². The van der Waals surface area contributed by atoms with Crippen molar-refractivity contribution in [2.45, 2.75) is 90.0 Å². The molecule has 0 radical (unpaired) electrons. The molecule has 0 fully saturated rings. The summed E-state index contributed by atoms with van der Waals surface area (Å²) >= 11 is 0. The number of nitrogens with zero attached hydrogens (tertiary/aromatic N) is 4. The molecule has 0 bridgehead atoms. The molecular weight excluding hydrogens is 1370 g/mol. The molecule has 0 amide bonds. The smallest absolute Gasteiger partial charge is 0.201 e. The molecule has 4 heterocycles. The van der Waals surface area contributed by atoms with E-state index in [4.69, 9.17) is 0 Å². The second-order valence-electron chi connectivity index (χ2n) is 30.8. The molecule has 0 N–H and O–H groups in total. The number of hydrogen-bond acceptors (Lipinski definition) is 0. The van der Waals surface area contributed by atoms with Gasteiger partial charge in [-0.2, -0.15) is 0 Å². The molecule has 0 unspecified atom stereocenters. The number of hydrogen-bond donors (Lipinski definition) is 0. The highest BCUT2D eigenvalue weighted by atomic mass is 14.9. The molecule has 12 aromatic carbocycles. The standard InChI is InChI=1S/2C28H28N.C27H26N.C26H24N/c1-19-10-9-11-20(2)28(19)24-14-15-29(5)27(17-24)26-18-25(21(3)16-22(26)4)23-12-7-6-8-13-23;1-19-11-12-25(20(2)15-19)24-13-14-29(5)28(17-24)27-18-26(21(3)16-22(27)4)23-9-7-6-8-10-23;1-19-10-8-9-13-24(19)23-14-15-28(4)27(17-23)26-18-25(20(2)16-21(26)3)22-11-6-5-7-12-22;1-19-16-20(2)25(18-24(19)22-12-8-5-9-13-22)26-17-23(14-15-27(26)3)21-10-6-4-7-11-21/h2*6-18H,1-5H3;5-18H,1-4H3;4-18H,1-3H3/q4*+1. The largest absolute Gasteiger partial charge is 0.213 e. The molecule has 558 valence electrons. The van der Waals surface area contributed by atoms with Crippen LogP contribution >= 0.6 is 0 Å². The fourth-order valence-electron chi connectivity index (χ4n) is 16.2. The van der Waals surface area contributed by atoms with Gasteiger partial charge in [0, 0.05) is 70.8 Å². The number of pyridine rings is 4. The first kappa shape index (κ1) is 78.4. The Morgan fingerprint density at radius 2 is 0.407 bits per heavy atom. The molecule has 0 spiro atoms. The SMILES string of the molecule is Cc1cc(C)c(-c2cc(-c3c(C)cccc3C)cc[n+]2C)cc1-c1ccccc1.Cc1cc(C)c(-c2cc(-c3ccccc3)cc[n+]2C)cc1-c1ccccc1.Cc1ccc(-c2cc[n+](C)c(-c3cc(-c4ccccc4)c(C)cc3C)c2)c(C)c1.Cc1ccccc1-c1cc[n+](C)c(-c2cc(-c3ccccc3)c(C)cc2C)c1. The van der Waals surface area contributed by atoms with Gasteiger partial charge in [-0.25, -0.2) is 18.3 Å². The number of benzene rings is 12. The summed E-state index contributed by atoms with van der Waals surface area (Å²) in [7, 11) is 8.50. The average Bonchev–Trinajstić information content (AvgIpc) is 0.796. The lowest BCUT2D eigenvalue weighted by molar-refractivity contribution is -0.660. The molecular formula is C109H106N4+4. The third kappa shape index (κ3) is 17.9. The quantitative estimate of drug-likeness (QED) is 0.108. The maximum absolute atomic E-state index is 2.35. The van der Waals surface area contributed by atoms with Crippen LogP contribution in [0.15, 0.2) is 334 Å². The van der Waals surface area contributed by atoms with Crippen LogP contribution in [0.5, 0.6) is 0 Å². The summed E-state index contributed by atoms with van der Waals surface area (Å²) in [6.45, 7) is 28.5. The van der Waals surface area contributed by atoms with E-state index in [0.717, 1.165) is 0 Å². The lowest BCUT2D eigenvalue weighted by Gasteiger charge is -2.14. The summed E-state index contributed by atoms with van der Waals surface area (Å²) in [5.41, 5.74) is 47.5. The molecule has 4 heteroatoms. The lowest BCUT2D eigenvalue weighted by atomic mass is 9.91. The molecule has 16 aromatic rings. The first-order valence-electron chi connectivity index (χ1n) is 39.5. The Morgan fingerprint density at radius 3 is 0.743 bits per heavy atom. The van der Waals surface area contributed by atoms with Crippen LogP contribution in [-0.2, 0) is 28.2 Å². The third-order valence-electron chi connectivity index (χ3n) is 22.4. The second-order valence-corrected chi connectivity index (χ2v) is 30.8. The van der Waals surface area contributed by atoms with Gasteiger partial charge in [0.15, 0.2) is 24.8 Å². The van der Waals surface area contributed by atoms with Crippen LogP contribution in [0.4, 0.5) is 0 Å². The van der Waals surface area contributed by atoms with Crippen molar-refractivity contribution >= 4 is 0 Å². The zero-order valence-corrected chi connectivity index (χ0v) is 69.0. The molecule has 113 heavy (non-hydrogen) atoms. The summed E-state index contributed by atoms with van der Waals surface area (Å²) in [6, 6.07) is 112. The lowest BCUT2D eigenvalue weighted by Crippen LogP contribution is -2.30. The topological polar surface area (TPSA) is 15.5 Å². The number of aromatic nitrogens is 4. The molecule has 0 aliphatic rings. The van der Waals surface area contributed by atoms with Gasteiger partial charge in [0.05, 0.1) is 0 Å². The van der Waals surface area contributed by atoms with Gasteiger partial charge >= 0.3 is 0 Å². The molecule has 0 saturated heterocycles. The van der Waals surface area contributed by atoms with Crippen LogP contribution < -0.4 is 18.3 Å². The van der Waals surface area contributed by atoms with E-state index >= 15 is 0 Å². The van der Waals surface area contributed by atoms with Crippen molar-refractivity contribution in [1.29, 1.82) is 0 Å². The Bertz CT molecular complexity index is 6070. The van der Waals surface area contributed by atoms with E-state index in [1.807, 2.05) is 0 Å². The van der Waals surface area contributed by atoms with Gasteiger partial charge in [-0.1, -0.05) is 242 Å². The molecule has 0 aliphatic heterocycles. The van der Waals surface area contributed by atoms with Gasteiger partial charge in [-0.05, 0) is 270 Å². The van der Waals surface area contributed by atoms with Crippen LogP contribution in [-0.4, -0.2) is 0 Å². The maximum Gasteiger partial charge on any atom is 0.213 e. The zero-order chi connectivity index (χ0) is 79.6. The molecule has 16 rings (SSSR count). The third-order valence-corrected chi connectivity index (χ3v) is 22.4. The Kier molecular flexibility index (Phi) is 24.3. The first-order valence-corrected chi connectivity index (χ1v) is 39.5. The first-order chi connectivity index (χ1) is 54.6. The highest BCUT2D eigenvalue weighted by molar-refractivity contribution is 5.83. The van der Waals surface area contributed by atoms with Gasteiger partial charge < -0.3 is 0 Å². The number of rotatable bonds is 12. The molecule has 4 nitrogen and oxygen atoms in total. The predicted molar refractivity (Wildman–Crippen MR) is 477 cm³/mol. The fraction of sp³-hybridized carbons (Fsp3) is 0.156. The predicted octanol–water partition coefficient (Wildman–Crippen LogP) is 26.1. The van der Waals surface area contributed by atoms with Gasteiger partial charge in [0.1, 0.15) is 28.2 Å². The minimum atomic E-state index is 1.23. The van der Waals surface area contributed by atoms with Crippen LogP contribution in [0.1, 0.15) is 72.3 Å². The summed E-state index contributed by atoms with van der Waals surface area (Å²) < 4.78 is 8.87. The van der Waals surface area contributed by atoms with E-state index < -0.39 is 0 Å². The van der Waals surface area contributed by atoms with E-state index in [-0.39, 0.29) is 0 Å². The van der Waals surface area contributed by atoms with Gasteiger partial charge in [0.25, 0.3) is 0 Å². The minimum absolute atomic E-state index is 1.23. The van der Waals surface area contributed by atoms with E-state index in [1.54, 1.807) is 0 Å². The normalized spacial score (nSPS) is 10.9. The van der Waals surface area contributed by atoms with Crippen molar-refractivity contribution < 1.29 is 18.3 Å². The number of aryl methyl sites for hydroxylation is 17. The Morgan fingerprint density at radius 1 is 0.150 bits per heavy atom. The fourth-order valence-corrected chi connectivity index (χ4v) is 16.2. The maximum atomic E-state index is 2.35. The van der Waals surface area contributed by atoms with E-state index in [2.05, 4.69) is 471 Å². The highest BCUT2D eigenvalue weighted by Crippen LogP contribution is 2.39. The average molecular weight is 1470 g/mol. The van der Waals surface area contributed by atoms with Crippen LogP contribution in [0, 0.1) is 90.0 Å². The second kappa shape index (κ2) is 35.1. The molecule has 4 aromatic heterocycles. The Balaban J connectivity index is 0.000000132. The van der Waals surface area contributed by atoms with Crippen LogP contribution in [0.2, 0.25) is 0 Å². The highest BCUT2D eigenvalue weighted by Gasteiger charge is 2.23. The monoisotopic (exact) mass is 1470 g/mol. The Labute approximate surface area is 672 Å². The van der Waals surface area contributed by atoms with Crippen molar-refractivity contribution in [3.05, 3.63) is 406 Å².